The lowest BCUT2D eigenvalue weighted by Crippen LogP contribution is -1.86. The summed E-state index contributed by atoms with van der Waals surface area (Å²) < 4.78 is 14.3. The van der Waals surface area contributed by atoms with Crippen LogP contribution in [0, 0.1) is 18.2 Å². The van der Waals surface area contributed by atoms with Crippen molar-refractivity contribution in [3.8, 4) is 23.5 Å². The van der Waals surface area contributed by atoms with Gasteiger partial charge in [0, 0.05) is 11.1 Å². The van der Waals surface area contributed by atoms with Gasteiger partial charge in [-0.15, -0.1) is 6.42 Å². The highest BCUT2D eigenvalue weighted by Crippen LogP contribution is 2.28. The molecule has 0 bridgehead atoms. The molecule has 2 aromatic rings. The molecule has 0 N–H and O–H groups in total. The van der Waals surface area contributed by atoms with Gasteiger partial charge in [-0.3, -0.25) is 0 Å². The fourth-order valence-electron chi connectivity index (χ4n) is 1.50. The minimum absolute atomic E-state index is 0.267. The average Bonchev–Trinajstić information content (AvgIpc) is 2.33. The van der Waals surface area contributed by atoms with Crippen molar-refractivity contribution in [3.05, 3.63) is 58.3 Å². The first-order valence-corrected chi connectivity index (χ1v) is 5.53. The van der Waals surface area contributed by atoms with Gasteiger partial charge in [0.25, 0.3) is 0 Å². The van der Waals surface area contributed by atoms with Crippen molar-refractivity contribution in [3.63, 3.8) is 0 Å². The Balaban J connectivity index is 2.59. The number of hydrogen-bond acceptors (Lipinski definition) is 0. The molecule has 0 nitrogen and oxygen atoms in total. The van der Waals surface area contributed by atoms with Crippen LogP contribution in [0.1, 0.15) is 5.56 Å². The third kappa shape index (κ3) is 2.00. The van der Waals surface area contributed by atoms with Crippen molar-refractivity contribution in [2.24, 2.45) is 0 Å². The maximum Gasteiger partial charge on any atom is 0.145 e. The van der Waals surface area contributed by atoms with Crippen molar-refractivity contribution < 1.29 is 4.39 Å². The topological polar surface area (TPSA) is 0 Å². The van der Waals surface area contributed by atoms with E-state index in [1.165, 1.54) is 0 Å². The number of benzene rings is 2. The predicted molar refractivity (Wildman–Crippen MR) is 67.5 cm³/mol. The zero-order valence-corrected chi connectivity index (χ0v) is 9.96. The maximum absolute atomic E-state index is 13.8. The van der Waals surface area contributed by atoms with E-state index in [9.17, 15) is 4.39 Å². The Hall–Kier alpha value is -1.59. The normalized spacial score (nSPS) is 9.81. The van der Waals surface area contributed by atoms with Crippen molar-refractivity contribution in [1.82, 2.24) is 0 Å². The first-order chi connectivity index (χ1) is 7.72. The van der Waals surface area contributed by atoms with Gasteiger partial charge in [0.1, 0.15) is 5.82 Å². The van der Waals surface area contributed by atoms with Crippen LogP contribution in [0.25, 0.3) is 11.1 Å². The number of hydrogen-bond donors (Lipinski definition) is 0. The molecule has 0 saturated carbocycles. The average molecular weight is 275 g/mol. The van der Waals surface area contributed by atoms with Gasteiger partial charge in [-0.05, 0) is 39.7 Å². The lowest BCUT2D eigenvalue weighted by molar-refractivity contribution is 0.624. The summed E-state index contributed by atoms with van der Waals surface area (Å²) in [6, 6.07) is 12.5. The van der Waals surface area contributed by atoms with Crippen molar-refractivity contribution in [2.45, 2.75) is 0 Å². The molecule has 16 heavy (non-hydrogen) atoms. The smallest absolute Gasteiger partial charge is 0.145 e. The third-order valence-electron chi connectivity index (χ3n) is 2.29. The Labute approximate surface area is 102 Å². The van der Waals surface area contributed by atoms with Gasteiger partial charge in [0.2, 0.25) is 0 Å². The van der Waals surface area contributed by atoms with Gasteiger partial charge in [0.15, 0.2) is 0 Å². The fourth-order valence-corrected chi connectivity index (χ4v) is 1.87. The zero-order valence-electron chi connectivity index (χ0n) is 8.37. The van der Waals surface area contributed by atoms with Crippen molar-refractivity contribution >= 4 is 15.9 Å². The van der Waals surface area contributed by atoms with E-state index in [0.29, 0.717) is 10.0 Å². The quantitative estimate of drug-likeness (QED) is 0.683. The molecule has 0 aliphatic carbocycles. The molecule has 0 aliphatic rings. The molecule has 0 aromatic heterocycles. The molecule has 0 heterocycles. The Kier molecular flexibility index (Phi) is 3.07. The van der Waals surface area contributed by atoms with E-state index < -0.39 is 0 Å². The van der Waals surface area contributed by atoms with Gasteiger partial charge in [-0.2, -0.15) is 0 Å². The van der Waals surface area contributed by atoms with E-state index in [4.69, 9.17) is 6.42 Å². The summed E-state index contributed by atoms with van der Waals surface area (Å²) in [6.45, 7) is 0. The Morgan fingerprint density at radius 2 is 1.88 bits per heavy atom. The molecule has 0 aliphatic heterocycles. The van der Waals surface area contributed by atoms with Crippen LogP contribution in [0.2, 0.25) is 0 Å². The van der Waals surface area contributed by atoms with E-state index >= 15 is 0 Å². The van der Waals surface area contributed by atoms with Crippen molar-refractivity contribution in [1.29, 1.82) is 0 Å². The second-order valence-corrected chi connectivity index (χ2v) is 4.18. The molecule has 0 unspecified atom stereocenters. The summed E-state index contributed by atoms with van der Waals surface area (Å²) in [6.07, 6.45) is 5.31. The van der Waals surface area contributed by atoms with Gasteiger partial charge in [-0.1, -0.05) is 30.2 Å². The van der Waals surface area contributed by atoms with Crippen LogP contribution in [-0.2, 0) is 0 Å². The molecule has 0 amide bonds. The number of halogens is 2. The van der Waals surface area contributed by atoms with E-state index in [0.717, 1.165) is 11.1 Å². The monoisotopic (exact) mass is 274 g/mol. The number of rotatable bonds is 1. The standard InChI is InChI=1S/C14H8BrF/c1-2-10-5-3-6-11(9-10)12-7-4-8-13(15)14(12)16/h1,3-9H. The lowest BCUT2D eigenvalue weighted by atomic mass is 10.0. The number of terminal acetylenes is 1. The summed E-state index contributed by atoms with van der Waals surface area (Å²) in [5, 5.41) is 0. The first kappa shape index (κ1) is 10.9. The van der Waals surface area contributed by atoms with Crippen LogP contribution in [0.5, 0.6) is 0 Å². The first-order valence-electron chi connectivity index (χ1n) is 4.73. The van der Waals surface area contributed by atoms with Crippen molar-refractivity contribution in [2.75, 3.05) is 0 Å². The molecule has 2 rings (SSSR count). The summed E-state index contributed by atoms with van der Waals surface area (Å²) in [5.74, 6) is 2.27. The molecular weight excluding hydrogens is 267 g/mol. The molecule has 0 fully saturated rings. The maximum atomic E-state index is 13.8. The SMILES string of the molecule is C#Cc1cccc(-c2cccc(Br)c2F)c1. The summed E-state index contributed by atoms with van der Waals surface area (Å²) in [7, 11) is 0. The molecule has 0 spiro atoms. The molecule has 78 valence electrons. The molecule has 0 atom stereocenters. The second kappa shape index (κ2) is 4.51. The lowest BCUT2D eigenvalue weighted by Gasteiger charge is -2.05. The van der Waals surface area contributed by atoms with Crippen LogP contribution in [0.3, 0.4) is 0 Å². The molecule has 2 aromatic carbocycles. The van der Waals surface area contributed by atoms with E-state index in [1.54, 1.807) is 24.3 Å². The minimum Gasteiger partial charge on any atom is -0.205 e. The fraction of sp³-hybridized carbons (Fsp3) is 0. The van der Waals surface area contributed by atoms with Crippen LogP contribution in [0.15, 0.2) is 46.9 Å². The molecular formula is C14H8BrF. The van der Waals surface area contributed by atoms with E-state index in [2.05, 4.69) is 21.9 Å². The van der Waals surface area contributed by atoms with E-state index in [1.807, 2.05) is 18.2 Å². The zero-order chi connectivity index (χ0) is 11.5. The van der Waals surface area contributed by atoms with Crippen LogP contribution < -0.4 is 0 Å². The highest BCUT2D eigenvalue weighted by molar-refractivity contribution is 9.10. The predicted octanol–water partition coefficient (Wildman–Crippen LogP) is 4.24. The Bertz CT molecular complexity index is 567. The van der Waals surface area contributed by atoms with Gasteiger partial charge >= 0.3 is 0 Å². The van der Waals surface area contributed by atoms with E-state index in [-0.39, 0.29) is 5.82 Å². The summed E-state index contributed by atoms with van der Waals surface area (Å²) in [5.41, 5.74) is 2.08. The highest BCUT2D eigenvalue weighted by atomic mass is 79.9. The third-order valence-corrected chi connectivity index (χ3v) is 2.90. The van der Waals surface area contributed by atoms with Crippen LogP contribution in [-0.4, -0.2) is 0 Å². The van der Waals surface area contributed by atoms with Gasteiger partial charge < -0.3 is 0 Å². The minimum atomic E-state index is -0.267. The van der Waals surface area contributed by atoms with Crippen LogP contribution >= 0.6 is 15.9 Å². The Morgan fingerprint density at radius 3 is 2.62 bits per heavy atom. The summed E-state index contributed by atoms with van der Waals surface area (Å²) >= 11 is 3.16. The Morgan fingerprint density at radius 1 is 1.12 bits per heavy atom. The largest absolute Gasteiger partial charge is 0.205 e. The second-order valence-electron chi connectivity index (χ2n) is 3.33. The summed E-state index contributed by atoms with van der Waals surface area (Å²) in [4.78, 5) is 0. The highest BCUT2D eigenvalue weighted by Gasteiger charge is 2.07. The van der Waals surface area contributed by atoms with Crippen LogP contribution in [0.4, 0.5) is 4.39 Å². The van der Waals surface area contributed by atoms with Gasteiger partial charge in [0.05, 0.1) is 4.47 Å². The molecule has 0 radical (unpaired) electrons. The van der Waals surface area contributed by atoms with Gasteiger partial charge in [-0.25, -0.2) is 4.39 Å². The molecule has 2 heteroatoms. The molecule has 0 saturated heterocycles.